The topological polar surface area (TPSA) is 76.4 Å². The van der Waals surface area contributed by atoms with Crippen molar-refractivity contribution in [2.24, 2.45) is 0 Å². The molecule has 2 aliphatic heterocycles. The Morgan fingerprint density at radius 1 is 1.40 bits per heavy atom. The molecule has 6 nitrogen and oxygen atoms in total. The van der Waals surface area contributed by atoms with Crippen LogP contribution in [0.25, 0.3) is 0 Å². The molecule has 2 aliphatic rings. The van der Waals surface area contributed by atoms with Gasteiger partial charge in [0.1, 0.15) is 12.4 Å². The van der Waals surface area contributed by atoms with Crippen molar-refractivity contribution in [2.45, 2.75) is 6.04 Å². The third-order valence-electron chi connectivity index (χ3n) is 3.85. The molecular weight excluding hydrogens is 256 g/mol. The van der Waals surface area contributed by atoms with Gasteiger partial charge >= 0.3 is 6.03 Å². The number of amides is 2. The maximum Gasteiger partial charge on any atom is 0.317 e. The number of carbonyl (C=O) groups is 2. The van der Waals surface area contributed by atoms with Gasteiger partial charge in [-0.25, -0.2) is 4.79 Å². The predicted octanol–water partition coefficient (Wildman–Crippen LogP) is 0.585. The Hall–Kier alpha value is -2.55. The van der Waals surface area contributed by atoms with Crippen LogP contribution in [-0.4, -0.2) is 49.4 Å². The summed E-state index contributed by atoms with van der Waals surface area (Å²) in [6.45, 7) is 2.69. The molecule has 6 heteroatoms. The van der Waals surface area contributed by atoms with Gasteiger partial charge in [0.25, 0.3) is 0 Å². The Morgan fingerprint density at radius 3 is 3.00 bits per heavy atom. The third kappa shape index (κ3) is 1.97. The van der Waals surface area contributed by atoms with Crippen molar-refractivity contribution in [3.63, 3.8) is 0 Å². The highest BCUT2D eigenvalue weighted by Crippen LogP contribution is 2.25. The fourth-order valence-corrected chi connectivity index (χ4v) is 2.82. The lowest BCUT2D eigenvalue weighted by atomic mass is 10.1. The summed E-state index contributed by atoms with van der Waals surface area (Å²) in [6, 6.07) is 7.41. The Labute approximate surface area is 116 Å². The summed E-state index contributed by atoms with van der Waals surface area (Å²) in [5, 5.41) is 12.1. The van der Waals surface area contributed by atoms with Crippen LogP contribution in [0.5, 0.6) is 0 Å². The molecule has 1 atom stereocenters. The van der Waals surface area contributed by atoms with Crippen LogP contribution in [0.2, 0.25) is 0 Å². The van der Waals surface area contributed by atoms with Gasteiger partial charge in [-0.2, -0.15) is 5.26 Å². The van der Waals surface area contributed by atoms with Crippen LogP contribution in [0.3, 0.4) is 0 Å². The zero-order chi connectivity index (χ0) is 14.1. The number of aldehydes is 1. The van der Waals surface area contributed by atoms with E-state index in [4.69, 9.17) is 0 Å². The molecule has 1 unspecified atom stereocenters. The van der Waals surface area contributed by atoms with Crippen molar-refractivity contribution in [2.75, 3.05) is 31.1 Å². The van der Waals surface area contributed by atoms with Gasteiger partial charge in [0.15, 0.2) is 0 Å². The van der Waals surface area contributed by atoms with Crippen LogP contribution in [-0.2, 0) is 0 Å². The van der Waals surface area contributed by atoms with Crippen LogP contribution in [0, 0.1) is 11.3 Å². The molecular formula is C14H14N4O2. The second-order valence-electron chi connectivity index (χ2n) is 4.99. The van der Waals surface area contributed by atoms with Crippen molar-refractivity contribution in [3.05, 3.63) is 29.3 Å². The first-order valence-electron chi connectivity index (χ1n) is 6.51. The number of benzene rings is 1. The van der Waals surface area contributed by atoms with E-state index >= 15 is 0 Å². The second kappa shape index (κ2) is 4.85. The molecule has 0 saturated carbocycles. The number of nitriles is 1. The molecule has 0 bridgehead atoms. The van der Waals surface area contributed by atoms with Gasteiger partial charge in [-0.15, -0.1) is 0 Å². The molecule has 2 fully saturated rings. The molecule has 0 spiro atoms. The molecule has 3 rings (SSSR count). The van der Waals surface area contributed by atoms with Gasteiger partial charge in [0.2, 0.25) is 0 Å². The lowest BCUT2D eigenvalue weighted by molar-refractivity contribution is 0.112. The predicted molar refractivity (Wildman–Crippen MR) is 72.7 cm³/mol. The first-order valence-corrected chi connectivity index (χ1v) is 6.51. The van der Waals surface area contributed by atoms with E-state index in [1.807, 2.05) is 11.0 Å². The highest BCUT2D eigenvalue weighted by Gasteiger charge is 2.35. The molecule has 0 aromatic heterocycles. The molecule has 0 aliphatic carbocycles. The Balaban J connectivity index is 1.86. The van der Waals surface area contributed by atoms with Crippen LogP contribution in [0.15, 0.2) is 18.2 Å². The highest BCUT2D eigenvalue weighted by atomic mass is 16.2. The number of hydrogen-bond donors (Lipinski definition) is 1. The van der Waals surface area contributed by atoms with E-state index < -0.39 is 0 Å². The summed E-state index contributed by atoms with van der Waals surface area (Å²) >= 11 is 0. The summed E-state index contributed by atoms with van der Waals surface area (Å²) in [5.74, 6) is 0. The number of piperazine rings is 1. The average Bonchev–Trinajstić information content (AvgIpc) is 2.87. The zero-order valence-electron chi connectivity index (χ0n) is 10.9. The number of urea groups is 1. The minimum atomic E-state index is -0.00791. The smallest absolute Gasteiger partial charge is 0.317 e. The van der Waals surface area contributed by atoms with Crippen LogP contribution < -0.4 is 10.2 Å². The van der Waals surface area contributed by atoms with Crippen molar-refractivity contribution >= 4 is 18.0 Å². The third-order valence-corrected chi connectivity index (χ3v) is 3.85. The molecule has 2 amide bonds. The Bertz CT molecular complexity index is 608. The van der Waals surface area contributed by atoms with Gasteiger partial charge in [-0.3, -0.25) is 4.79 Å². The van der Waals surface area contributed by atoms with Gasteiger partial charge < -0.3 is 15.1 Å². The van der Waals surface area contributed by atoms with Crippen molar-refractivity contribution in [1.82, 2.24) is 10.2 Å². The fraction of sp³-hybridized carbons (Fsp3) is 0.357. The maximum absolute atomic E-state index is 11.6. The quantitative estimate of drug-likeness (QED) is 0.798. The molecule has 2 heterocycles. The first kappa shape index (κ1) is 12.5. The molecule has 1 aromatic rings. The summed E-state index contributed by atoms with van der Waals surface area (Å²) in [6.07, 6.45) is 0.738. The first-order chi connectivity index (χ1) is 9.72. The summed E-state index contributed by atoms with van der Waals surface area (Å²) < 4.78 is 0. The van der Waals surface area contributed by atoms with Gasteiger partial charge in [-0.05, 0) is 18.2 Å². The largest absolute Gasteiger partial charge is 0.367 e. The highest BCUT2D eigenvalue weighted by molar-refractivity contribution is 5.79. The van der Waals surface area contributed by atoms with Crippen LogP contribution in [0.4, 0.5) is 10.5 Å². The summed E-state index contributed by atoms with van der Waals surface area (Å²) in [4.78, 5) is 26.3. The van der Waals surface area contributed by atoms with Crippen molar-refractivity contribution < 1.29 is 9.59 Å². The van der Waals surface area contributed by atoms with Crippen LogP contribution in [0.1, 0.15) is 15.9 Å². The lowest BCUT2D eigenvalue weighted by Gasteiger charge is -2.38. The van der Waals surface area contributed by atoms with Gasteiger partial charge in [0.05, 0.1) is 17.3 Å². The standard InChI is InChI=1S/C14H14N4O2/c15-6-11-5-10(9-19)1-2-13(11)17-3-4-18-12(8-17)7-16-14(18)20/h1-2,5,9,12H,3-4,7-8H2,(H,16,20). The summed E-state index contributed by atoms with van der Waals surface area (Å²) in [5.41, 5.74) is 1.83. The lowest BCUT2D eigenvalue weighted by Crippen LogP contribution is -2.52. The number of hydrogen-bond acceptors (Lipinski definition) is 4. The molecule has 1 aromatic carbocycles. The zero-order valence-corrected chi connectivity index (χ0v) is 10.9. The van der Waals surface area contributed by atoms with Gasteiger partial charge in [-0.1, -0.05) is 0 Å². The van der Waals surface area contributed by atoms with E-state index in [1.165, 1.54) is 0 Å². The maximum atomic E-state index is 11.6. The number of rotatable bonds is 2. The fourth-order valence-electron chi connectivity index (χ4n) is 2.82. The number of nitrogens with one attached hydrogen (secondary N) is 1. The Kier molecular flexibility index (Phi) is 3.03. The number of fused-ring (bicyclic) bond motifs is 1. The monoisotopic (exact) mass is 270 g/mol. The van der Waals surface area contributed by atoms with E-state index in [2.05, 4.69) is 16.3 Å². The molecule has 2 saturated heterocycles. The minimum absolute atomic E-state index is 0.00791. The van der Waals surface area contributed by atoms with E-state index in [0.717, 1.165) is 12.0 Å². The number of carbonyl (C=O) groups excluding carboxylic acids is 2. The Morgan fingerprint density at radius 2 is 2.25 bits per heavy atom. The molecule has 1 N–H and O–H groups in total. The number of anilines is 1. The summed E-state index contributed by atoms with van der Waals surface area (Å²) in [7, 11) is 0. The average molecular weight is 270 g/mol. The van der Waals surface area contributed by atoms with E-state index in [1.54, 1.807) is 12.1 Å². The molecule has 20 heavy (non-hydrogen) atoms. The normalized spacial score (nSPS) is 21.1. The van der Waals surface area contributed by atoms with Crippen molar-refractivity contribution in [1.29, 1.82) is 5.26 Å². The SMILES string of the molecule is N#Cc1cc(C=O)ccc1N1CCN2C(=O)NCC2C1. The van der Waals surface area contributed by atoms with E-state index in [9.17, 15) is 14.9 Å². The molecule has 102 valence electrons. The van der Waals surface area contributed by atoms with Crippen molar-refractivity contribution in [3.8, 4) is 6.07 Å². The molecule has 0 radical (unpaired) electrons. The van der Waals surface area contributed by atoms with Gasteiger partial charge in [0, 0.05) is 31.7 Å². The van der Waals surface area contributed by atoms with E-state index in [-0.39, 0.29) is 12.1 Å². The van der Waals surface area contributed by atoms with Crippen LogP contribution >= 0.6 is 0 Å². The van der Waals surface area contributed by atoms with E-state index in [0.29, 0.717) is 37.3 Å². The second-order valence-corrected chi connectivity index (χ2v) is 4.99. The minimum Gasteiger partial charge on any atom is -0.367 e. The number of nitrogens with zero attached hydrogens (tertiary/aromatic N) is 3.